The summed E-state index contributed by atoms with van der Waals surface area (Å²) in [5.74, 6) is 0.840. The van der Waals surface area contributed by atoms with Crippen molar-refractivity contribution < 1.29 is 14.2 Å². The lowest BCUT2D eigenvalue weighted by atomic mass is 10.1. The van der Waals surface area contributed by atoms with Crippen LogP contribution in [0.15, 0.2) is 48.0 Å². The maximum atomic E-state index is 12.7. The predicted octanol–water partition coefficient (Wildman–Crippen LogP) is 1.07. The summed E-state index contributed by atoms with van der Waals surface area (Å²) >= 11 is 0. The van der Waals surface area contributed by atoms with Crippen molar-refractivity contribution in [3.63, 3.8) is 0 Å². The van der Waals surface area contributed by atoms with Crippen LogP contribution in [-0.2, 0) is 11.2 Å². The summed E-state index contributed by atoms with van der Waals surface area (Å²) in [6, 6.07) is 9.31. The summed E-state index contributed by atoms with van der Waals surface area (Å²) in [7, 11) is 3.16. The van der Waals surface area contributed by atoms with E-state index in [-0.39, 0.29) is 11.9 Å². The van der Waals surface area contributed by atoms with E-state index in [1.807, 2.05) is 22.8 Å². The number of benzene rings is 1. The van der Waals surface area contributed by atoms with E-state index in [1.165, 1.54) is 17.5 Å². The van der Waals surface area contributed by atoms with Crippen LogP contribution < -0.4 is 5.32 Å². The number of hydrogen-bond donors (Lipinski definition) is 1. The minimum atomic E-state index is -0.564. The van der Waals surface area contributed by atoms with E-state index in [4.69, 9.17) is 0 Å². The van der Waals surface area contributed by atoms with Crippen molar-refractivity contribution in [1.82, 2.24) is 15.1 Å². The first-order valence-corrected chi connectivity index (χ1v) is 8.70. The Morgan fingerprint density at radius 3 is 2.65 bits per heavy atom. The Bertz CT molecular complexity index is 784. The van der Waals surface area contributed by atoms with Gasteiger partial charge in [0.25, 0.3) is 5.91 Å². The Morgan fingerprint density at radius 2 is 1.96 bits per heavy atom. The van der Waals surface area contributed by atoms with Crippen LogP contribution >= 0.6 is 0 Å². The highest BCUT2D eigenvalue weighted by molar-refractivity contribution is 6.22. The van der Waals surface area contributed by atoms with Gasteiger partial charge in [0.2, 0.25) is 11.9 Å². The van der Waals surface area contributed by atoms with E-state index in [9.17, 15) is 9.59 Å². The van der Waals surface area contributed by atoms with Gasteiger partial charge in [0.05, 0.1) is 13.1 Å². The van der Waals surface area contributed by atoms with Crippen molar-refractivity contribution >= 4 is 23.7 Å². The van der Waals surface area contributed by atoms with Gasteiger partial charge in [0, 0.05) is 14.1 Å². The molecule has 1 saturated heterocycles. The highest BCUT2D eigenvalue weighted by Gasteiger charge is 2.51. The Hall–Kier alpha value is -2.96. The second-order valence-electron chi connectivity index (χ2n) is 6.39. The zero-order valence-electron chi connectivity index (χ0n) is 15.2. The Kier molecular flexibility index (Phi) is 5.16. The summed E-state index contributed by atoms with van der Waals surface area (Å²) in [5, 5.41) is 3.19. The third-order valence-corrected chi connectivity index (χ3v) is 4.64. The first-order valence-electron chi connectivity index (χ1n) is 8.70. The zero-order chi connectivity index (χ0) is 18.7. The molecule has 3 rings (SSSR count). The van der Waals surface area contributed by atoms with Crippen LogP contribution in [0.5, 0.6) is 0 Å². The minimum absolute atomic E-state index is 0.248. The van der Waals surface area contributed by atoms with Crippen LogP contribution in [0.2, 0.25) is 0 Å². The van der Waals surface area contributed by atoms with Crippen molar-refractivity contribution in [3.05, 3.63) is 48.6 Å². The molecule has 136 valence electrons. The van der Waals surface area contributed by atoms with Crippen molar-refractivity contribution in [1.29, 1.82) is 0 Å². The molecule has 1 aromatic rings. The van der Waals surface area contributed by atoms with Crippen molar-refractivity contribution in [2.24, 2.45) is 4.99 Å². The average molecular weight is 354 g/mol. The molecule has 0 bridgehead atoms. The van der Waals surface area contributed by atoms with Crippen LogP contribution in [0.1, 0.15) is 12.0 Å². The summed E-state index contributed by atoms with van der Waals surface area (Å²) in [5.41, 5.74) is 1.26. The maximum Gasteiger partial charge on any atom is 0.390 e. The number of fused-ring (bicyclic) bond motifs is 1. The molecule has 0 spiro atoms. The van der Waals surface area contributed by atoms with Crippen molar-refractivity contribution in [2.45, 2.75) is 18.9 Å². The number of urea groups is 1. The van der Waals surface area contributed by atoms with Crippen LogP contribution in [0.4, 0.5) is 4.79 Å². The highest BCUT2D eigenvalue weighted by atomic mass is 16.2. The zero-order valence-corrected chi connectivity index (χ0v) is 15.2. The van der Waals surface area contributed by atoms with Gasteiger partial charge < -0.3 is 0 Å². The number of likely N-dealkylation sites (N-methyl/N-ethyl adjacent to an activating group) is 2. The Balaban J connectivity index is 1.81. The summed E-state index contributed by atoms with van der Waals surface area (Å²) < 4.78 is 1.95. The maximum absolute atomic E-state index is 12.7. The molecule has 2 heterocycles. The van der Waals surface area contributed by atoms with Crippen molar-refractivity contribution in [2.75, 3.05) is 27.2 Å². The second-order valence-corrected chi connectivity index (χ2v) is 6.39. The van der Waals surface area contributed by atoms with Gasteiger partial charge in [-0.2, -0.15) is 0 Å². The van der Waals surface area contributed by atoms with E-state index in [0.29, 0.717) is 24.9 Å². The number of hydrogen-bond acceptors (Lipinski definition) is 4. The number of carbonyl (C=O) groups is 2. The van der Waals surface area contributed by atoms with Gasteiger partial charge in [-0.15, -0.1) is 0 Å². The molecule has 7 nitrogen and oxygen atoms in total. The number of aryl methyl sites for hydroxylation is 1. The normalized spacial score (nSPS) is 19.6. The number of nitrogens with zero attached hydrogens (tertiary/aromatic N) is 4. The molecule has 3 amide bonds. The largest absolute Gasteiger partial charge is 0.390 e. The number of amides is 3. The number of nitrogens with one attached hydrogen (secondary N) is 1. The topological polar surface area (TPSA) is 68.0 Å². The molecule has 7 heteroatoms. The molecule has 2 aliphatic heterocycles. The Labute approximate surface area is 153 Å². The molecule has 1 N–H and O–H groups in total. The summed E-state index contributed by atoms with van der Waals surface area (Å²) in [4.78, 5) is 32.0. The van der Waals surface area contributed by atoms with Gasteiger partial charge >= 0.3 is 12.0 Å². The first kappa shape index (κ1) is 17.8. The van der Waals surface area contributed by atoms with Crippen LogP contribution in [-0.4, -0.2) is 71.3 Å². The quantitative estimate of drug-likeness (QED) is 0.614. The third-order valence-electron chi connectivity index (χ3n) is 4.64. The fourth-order valence-electron chi connectivity index (χ4n) is 3.24. The van der Waals surface area contributed by atoms with Crippen molar-refractivity contribution in [3.8, 4) is 0 Å². The number of imide groups is 1. The molecule has 1 aromatic carbocycles. The second kappa shape index (κ2) is 7.51. The van der Waals surface area contributed by atoms with E-state index < -0.39 is 6.04 Å². The highest BCUT2D eigenvalue weighted by Crippen LogP contribution is 2.19. The van der Waals surface area contributed by atoms with E-state index in [2.05, 4.69) is 29.0 Å². The molecule has 1 fully saturated rings. The number of rotatable bonds is 6. The first-order chi connectivity index (χ1) is 12.5. The SMILES string of the molecule is C=CCNC1=[N+](CCCc2ccccc2)C2C(=O)N(C)C(=O)N(C)C2=N1. The number of amidine groups is 1. The molecule has 0 aromatic heterocycles. The minimum Gasteiger partial charge on any atom is -0.271 e. The van der Waals surface area contributed by atoms with Gasteiger partial charge in [-0.05, 0) is 18.4 Å². The fourth-order valence-corrected chi connectivity index (χ4v) is 3.24. The van der Waals surface area contributed by atoms with Gasteiger partial charge in [-0.3, -0.25) is 19.9 Å². The standard InChI is InChI=1S/C19H23N5O2/c1-4-12-20-18-21-16-15(17(25)23(3)19(26)22(16)2)24(18)13-8-11-14-9-6-5-7-10-14/h4-7,9-10,15H,1,8,11-13H2,2-3H3/p+1. The molecule has 26 heavy (non-hydrogen) atoms. The van der Waals surface area contributed by atoms with Gasteiger partial charge in [-0.25, -0.2) is 9.37 Å². The molecule has 1 unspecified atom stereocenters. The molecule has 0 aliphatic carbocycles. The lowest BCUT2D eigenvalue weighted by Crippen LogP contribution is -2.61. The van der Waals surface area contributed by atoms with Gasteiger partial charge in [-0.1, -0.05) is 48.0 Å². The predicted molar refractivity (Wildman–Crippen MR) is 100 cm³/mol. The molecular weight excluding hydrogens is 330 g/mol. The average Bonchev–Trinajstić information content (AvgIpc) is 3.02. The lowest BCUT2D eigenvalue weighted by molar-refractivity contribution is -0.537. The Morgan fingerprint density at radius 1 is 1.23 bits per heavy atom. The summed E-state index contributed by atoms with van der Waals surface area (Å²) in [6.45, 7) is 4.91. The lowest BCUT2D eigenvalue weighted by Gasteiger charge is -2.31. The third kappa shape index (κ3) is 3.24. The van der Waals surface area contributed by atoms with Gasteiger partial charge in [0.15, 0.2) is 0 Å². The monoisotopic (exact) mass is 354 g/mol. The molecule has 0 radical (unpaired) electrons. The van der Waals surface area contributed by atoms with E-state index >= 15 is 0 Å². The van der Waals surface area contributed by atoms with Crippen LogP contribution in [0.25, 0.3) is 0 Å². The van der Waals surface area contributed by atoms with E-state index in [0.717, 1.165) is 17.7 Å². The molecular formula is C19H24N5O2+. The number of carbonyl (C=O) groups excluding carboxylic acids is 2. The molecule has 0 saturated carbocycles. The number of aliphatic imine (C=N–C) groups is 1. The smallest absolute Gasteiger partial charge is 0.271 e. The molecule has 1 atom stereocenters. The van der Waals surface area contributed by atoms with Gasteiger partial charge in [0.1, 0.15) is 0 Å². The van der Waals surface area contributed by atoms with Crippen LogP contribution in [0.3, 0.4) is 0 Å². The summed E-state index contributed by atoms with van der Waals surface area (Å²) in [6.07, 6.45) is 3.52. The van der Waals surface area contributed by atoms with Crippen LogP contribution in [0, 0.1) is 0 Å². The fraction of sp³-hybridized carbons (Fsp3) is 0.368. The number of guanidine groups is 1. The van der Waals surface area contributed by atoms with E-state index in [1.54, 1.807) is 13.1 Å². The molecule has 2 aliphatic rings.